The average molecular weight is 304 g/mol. The van der Waals surface area contributed by atoms with E-state index in [0.717, 1.165) is 23.9 Å². The third-order valence-corrected chi connectivity index (χ3v) is 4.04. The van der Waals surface area contributed by atoms with Gasteiger partial charge < -0.3 is 15.4 Å². The molecule has 5 nitrogen and oxygen atoms in total. The van der Waals surface area contributed by atoms with Crippen LogP contribution in [0.25, 0.3) is 0 Å². The van der Waals surface area contributed by atoms with Crippen molar-refractivity contribution in [2.45, 2.75) is 20.0 Å². The molecule has 1 aromatic heterocycles. The number of benzene rings is 1. The maximum Gasteiger partial charge on any atom is 0.191 e. The molecule has 112 valence electrons. The number of aryl methyl sites for hydroxylation is 1. The van der Waals surface area contributed by atoms with Crippen molar-refractivity contribution in [2.24, 2.45) is 4.99 Å². The van der Waals surface area contributed by atoms with Gasteiger partial charge in [-0.2, -0.15) is 0 Å². The molecule has 0 saturated carbocycles. The fourth-order valence-electron chi connectivity index (χ4n) is 1.81. The summed E-state index contributed by atoms with van der Waals surface area (Å²) >= 11 is 1.65. The summed E-state index contributed by atoms with van der Waals surface area (Å²) in [5, 5.41) is 6.58. The maximum absolute atomic E-state index is 5.15. The van der Waals surface area contributed by atoms with E-state index in [-0.39, 0.29) is 0 Å². The molecule has 1 heterocycles. The number of guanidine groups is 1. The fourth-order valence-corrected chi connectivity index (χ4v) is 2.53. The number of aliphatic imine (C=N–C) groups is 1. The summed E-state index contributed by atoms with van der Waals surface area (Å²) in [6.45, 7) is 3.46. The Morgan fingerprint density at radius 2 is 1.95 bits per heavy atom. The molecule has 2 aromatic rings. The van der Waals surface area contributed by atoms with Crippen molar-refractivity contribution in [1.82, 2.24) is 15.6 Å². The van der Waals surface area contributed by atoms with Crippen molar-refractivity contribution in [3.8, 4) is 5.75 Å². The highest BCUT2D eigenvalue weighted by atomic mass is 32.1. The molecule has 0 fully saturated rings. The highest BCUT2D eigenvalue weighted by Gasteiger charge is 2.03. The lowest BCUT2D eigenvalue weighted by Gasteiger charge is -2.11. The van der Waals surface area contributed by atoms with Crippen molar-refractivity contribution >= 4 is 17.3 Å². The molecule has 21 heavy (non-hydrogen) atoms. The van der Waals surface area contributed by atoms with Crippen LogP contribution < -0.4 is 15.4 Å². The smallest absolute Gasteiger partial charge is 0.191 e. The zero-order chi connectivity index (χ0) is 15.1. The Kier molecular flexibility index (Phi) is 5.57. The second kappa shape index (κ2) is 7.64. The first-order valence-corrected chi connectivity index (χ1v) is 7.57. The van der Waals surface area contributed by atoms with Gasteiger partial charge in [0.1, 0.15) is 5.75 Å². The highest BCUT2D eigenvalue weighted by molar-refractivity contribution is 7.09. The van der Waals surface area contributed by atoms with Gasteiger partial charge in [0, 0.05) is 18.5 Å². The monoisotopic (exact) mass is 304 g/mol. The Balaban J connectivity index is 1.83. The lowest BCUT2D eigenvalue weighted by atomic mass is 10.2. The third kappa shape index (κ3) is 4.46. The summed E-state index contributed by atoms with van der Waals surface area (Å²) in [7, 11) is 3.43. The topological polar surface area (TPSA) is 58.5 Å². The van der Waals surface area contributed by atoms with E-state index < -0.39 is 0 Å². The summed E-state index contributed by atoms with van der Waals surface area (Å²) < 4.78 is 5.15. The van der Waals surface area contributed by atoms with Gasteiger partial charge >= 0.3 is 0 Å². The Morgan fingerprint density at radius 3 is 2.52 bits per heavy atom. The standard InChI is InChI=1S/C15H20N4OS/c1-11-14(21-10-19-11)9-18-15(16-2)17-8-12-4-6-13(20-3)7-5-12/h4-7,10H,8-9H2,1-3H3,(H2,16,17,18). The van der Waals surface area contributed by atoms with Gasteiger partial charge in [0.2, 0.25) is 0 Å². The van der Waals surface area contributed by atoms with Crippen molar-refractivity contribution in [1.29, 1.82) is 0 Å². The van der Waals surface area contributed by atoms with Gasteiger partial charge in [-0.1, -0.05) is 12.1 Å². The van der Waals surface area contributed by atoms with Crippen LogP contribution in [-0.4, -0.2) is 25.1 Å². The van der Waals surface area contributed by atoms with E-state index in [0.29, 0.717) is 6.54 Å². The van der Waals surface area contributed by atoms with E-state index in [9.17, 15) is 0 Å². The Morgan fingerprint density at radius 1 is 1.24 bits per heavy atom. The number of nitrogens with one attached hydrogen (secondary N) is 2. The molecule has 2 N–H and O–H groups in total. The molecule has 0 atom stereocenters. The molecule has 0 radical (unpaired) electrons. The molecule has 2 rings (SSSR count). The van der Waals surface area contributed by atoms with E-state index in [4.69, 9.17) is 4.74 Å². The molecule has 0 aliphatic heterocycles. The van der Waals surface area contributed by atoms with Gasteiger partial charge in [-0.15, -0.1) is 11.3 Å². The number of nitrogens with zero attached hydrogens (tertiary/aromatic N) is 2. The third-order valence-electron chi connectivity index (χ3n) is 3.10. The van der Waals surface area contributed by atoms with E-state index in [2.05, 4.69) is 20.6 Å². The minimum absolute atomic E-state index is 0.714. The van der Waals surface area contributed by atoms with Crippen LogP contribution in [0.5, 0.6) is 5.75 Å². The van der Waals surface area contributed by atoms with Gasteiger partial charge in [-0.3, -0.25) is 4.99 Å². The molecule has 0 unspecified atom stereocenters. The number of ether oxygens (including phenoxy) is 1. The SMILES string of the molecule is CN=C(NCc1ccc(OC)cc1)NCc1scnc1C. The predicted octanol–water partition coefficient (Wildman–Crippen LogP) is 2.33. The van der Waals surface area contributed by atoms with E-state index in [1.807, 2.05) is 36.7 Å². The van der Waals surface area contributed by atoms with E-state index in [1.54, 1.807) is 25.5 Å². The van der Waals surface area contributed by atoms with Gasteiger partial charge in [0.25, 0.3) is 0 Å². The molecule has 0 bridgehead atoms. The number of methoxy groups -OCH3 is 1. The van der Waals surface area contributed by atoms with Crippen LogP contribution in [0.3, 0.4) is 0 Å². The Labute approximate surface area is 129 Å². The molecular weight excluding hydrogens is 284 g/mol. The first kappa shape index (κ1) is 15.3. The van der Waals surface area contributed by atoms with Gasteiger partial charge in [0.15, 0.2) is 5.96 Å². The van der Waals surface area contributed by atoms with Crippen molar-refractivity contribution < 1.29 is 4.74 Å². The minimum Gasteiger partial charge on any atom is -0.497 e. The lowest BCUT2D eigenvalue weighted by molar-refractivity contribution is 0.414. The number of rotatable bonds is 5. The largest absolute Gasteiger partial charge is 0.497 e. The lowest BCUT2D eigenvalue weighted by Crippen LogP contribution is -2.36. The second-order valence-corrected chi connectivity index (χ2v) is 5.43. The summed E-state index contributed by atoms with van der Waals surface area (Å²) in [6, 6.07) is 7.97. The molecule has 0 aliphatic rings. The molecular formula is C15H20N4OS. The van der Waals surface area contributed by atoms with Crippen LogP contribution in [0.15, 0.2) is 34.8 Å². The Hall–Kier alpha value is -2.08. The fraction of sp³-hybridized carbons (Fsp3) is 0.333. The molecule has 1 aromatic carbocycles. The predicted molar refractivity (Wildman–Crippen MR) is 86.9 cm³/mol. The Bertz CT molecular complexity index is 592. The maximum atomic E-state index is 5.15. The summed E-state index contributed by atoms with van der Waals surface area (Å²) in [5.41, 5.74) is 4.10. The zero-order valence-corrected chi connectivity index (χ0v) is 13.3. The molecule has 0 amide bonds. The van der Waals surface area contributed by atoms with Gasteiger partial charge in [0.05, 0.1) is 24.9 Å². The first-order chi connectivity index (χ1) is 10.2. The van der Waals surface area contributed by atoms with Crippen molar-refractivity contribution in [2.75, 3.05) is 14.2 Å². The van der Waals surface area contributed by atoms with Crippen LogP contribution in [0.2, 0.25) is 0 Å². The van der Waals surface area contributed by atoms with Crippen LogP contribution in [0.1, 0.15) is 16.1 Å². The molecule has 0 aliphatic carbocycles. The van der Waals surface area contributed by atoms with Crippen LogP contribution in [0, 0.1) is 6.92 Å². The number of aromatic nitrogens is 1. The van der Waals surface area contributed by atoms with Crippen LogP contribution in [-0.2, 0) is 13.1 Å². The number of thiazole rings is 1. The van der Waals surface area contributed by atoms with Crippen molar-refractivity contribution in [3.05, 3.63) is 45.9 Å². The van der Waals surface area contributed by atoms with E-state index >= 15 is 0 Å². The normalized spacial score (nSPS) is 11.3. The van der Waals surface area contributed by atoms with Gasteiger partial charge in [-0.25, -0.2) is 4.98 Å². The minimum atomic E-state index is 0.714. The zero-order valence-electron chi connectivity index (χ0n) is 12.5. The first-order valence-electron chi connectivity index (χ1n) is 6.69. The number of hydrogen-bond donors (Lipinski definition) is 2. The summed E-state index contributed by atoms with van der Waals surface area (Å²) in [4.78, 5) is 9.68. The highest BCUT2D eigenvalue weighted by Crippen LogP contribution is 2.12. The second-order valence-electron chi connectivity index (χ2n) is 4.49. The molecule has 6 heteroatoms. The van der Waals surface area contributed by atoms with Gasteiger partial charge in [-0.05, 0) is 24.6 Å². The van der Waals surface area contributed by atoms with Crippen molar-refractivity contribution in [3.63, 3.8) is 0 Å². The van der Waals surface area contributed by atoms with Crippen LogP contribution in [0.4, 0.5) is 0 Å². The average Bonchev–Trinajstić information content (AvgIpc) is 2.93. The number of hydrogen-bond acceptors (Lipinski definition) is 4. The molecule has 0 spiro atoms. The molecule has 0 saturated heterocycles. The quantitative estimate of drug-likeness (QED) is 0.657. The van der Waals surface area contributed by atoms with E-state index in [1.165, 1.54) is 10.4 Å². The summed E-state index contributed by atoms with van der Waals surface area (Å²) in [5.74, 6) is 1.64. The summed E-state index contributed by atoms with van der Waals surface area (Å²) in [6.07, 6.45) is 0. The van der Waals surface area contributed by atoms with Crippen LogP contribution >= 0.6 is 11.3 Å².